The van der Waals surface area contributed by atoms with Gasteiger partial charge in [-0.25, -0.2) is 0 Å². The summed E-state index contributed by atoms with van der Waals surface area (Å²) in [5, 5.41) is 0. The van der Waals surface area contributed by atoms with E-state index in [2.05, 4.69) is 12.1 Å². The number of carbonyl (C=O) groups excluding carboxylic acids is 2. The molecule has 204 valence electrons. The molecule has 1 saturated carbocycles. The fraction of sp³-hybridized carbons (Fsp3) is 0.412. The van der Waals surface area contributed by atoms with Crippen molar-refractivity contribution in [2.24, 2.45) is 5.92 Å². The van der Waals surface area contributed by atoms with Crippen LogP contribution in [-0.2, 0) is 29.2 Å². The molecule has 0 bridgehead atoms. The highest BCUT2D eigenvalue weighted by atomic mass is 16.5. The van der Waals surface area contributed by atoms with Crippen molar-refractivity contribution in [2.45, 2.75) is 70.6 Å². The van der Waals surface area contributed by atoms with Crippen LogP contribution in [0.25, 0.3) is 0 Å². The maximum atomic E-state index is 14.1. The fourth-order valence-corrected chi connectivity index (χ4v) is 5.87. The number of amides is 2. The van der Waals surface area contributed by atoms with Gasteiger partial charge >= 0.3 is 0 Å². The lowest BCUT2D eigenvalue weighted by Crippen LogP contribution is -2.52. The first-order valence-corrected chi connectivity index (χ1v) is 14.6. The molecule has 2 amide bonds. The maximum Gasteiger partial charge on any atom is 0.245 e. The third-order valence-corrected chi connectivity index (χ3v) is 8.11. The maximum absolute atomic E-state index is 14.1. The molecule has 5 nitrogen and oxygen atoms in total. The van der Waals surface area contributed by atoms with E-state index >= 15 is 0 Å². The Hall–Kier alpha value is -3.60. The van der Waals surface area contributed by atoms with Crippen molar-refractivity contribution in [1.29, 1.82) is 0 Å². The zero-order chi connectivity index (χ0) is 26.9. The minimum Gasteiger partial charge on any atom is -0.489 e. The van der Waals surface area contributed by atoms with Crippen molar-refractivity contribution in [3.8, 4) is 5.75 Å². The quantitative estimate of drug-likeness (QED) is 0.308. The Morgan fingerprint density at radius 3 is 2.00 bits per heavy atom. The molecule has 1 aliphatic carbocycles. The molecule has 1 unspecified atom stereocenters. The van der Waals surface area contributed by atoms with Gasteiger partial charge in [0.05, 0.1) is 0 Å². The molecule has 3 aromatic carbocycles. The molecule has 1 atom stereocenters. The van der Waals surface area contributed by atoms with Crippen LogP contribution in [0.15, 0.2) is 84.9 Å². The number of carbonyl (C=O) groups is 2. The summed E-state index contributed by atoms with van der Waals surface area (Å²) in [4.78, 5) is 31.9. The lowest BCUT2D eigenvalue weighted by atomic mass is 9.87. The van der Waals surface area contributed by atoms with Gasteiger partial charge in [0.1, 0.15) is 18.4 Å². The predicted octanol–water partition coefficient (Wildman–Crippen LogP) is 6.41. The first-order chi connectivity index (χ1) is 19.2. The minimum atomic E-state index is -0.506. The molecule has 5 heteroatoms. The van der Waals surface area contributed by atoms with Crippen molar-refractivity contribution in [1.82, 2.24) is 9.80 Å². The smallest absolute Gasteiger partial charge is 0.245 e. The molecular weight excluding hydrogens is 484 g/mol. The molecular formula is C34H40N2O3. The number of hydrogen-bond donors (Lipinski definition) is 0. The largest absolute Gasteiger partial charge is 0.489 e. The van der Waals surface area contributed by atoms with Crippen molar-refractivity contribution in [2.75, 3.05) is 13.1 Å². The Morgan fingerprint density at radius 1 is 0.744 bits per heavy atom. The molecule has 39 heavy (non-hydrogen) atoms. The summed E-state index contributed by atoms with van der Waals surface area (Å²) in [6.07, 6.45) is 7.79. The van der Waals surface area contributed by atoms with Crippen molar-refractivity contribution >= 4 is 11.8 Å². The molecule has 2 fully saturated rings. The van der Waals surface area contributed by atoms with Crippen molar-refractivity contribution in [3.63, 3.8) is 0 Å². The highest BCUT2D eigenvalue weighted by Gasteiger charge is 2.37. The van der Waals surface area contributed by atoms with Gasteiger partial charge in [-0.2, -0.15) is 0 Å². The average molecular weight is 525 g/mol. The van der Waals surface area contributed by atoms with Crippen LogP contribution in [0.1, 0.15) is 61.6 Å². The van der Waals surface area contributed by atoms with Crippen LogP contribution in [0.5, 0.6) is 5.75 Å². The summed E-state index contributed by atoms with van der Waals surface area (Å²) in [5.41, 5.74) is 3.22. The summed E-state index contributed by atoms with van der Waals surface area (Å²) < 4.78 is 5.99. The molecule has 0 N–H and O–H groups in total. The second-order valence-corrected chi connectivity index (χ2v) is 11.0. The molecule has 0 spiro atoms. The van der Waals surface area contributed by atoms with Crippen LogP contribution in [0.4, 0.5) is 0 Å². The van der Waals surface area contributed by atoms with E-state index in [1.54, 1.807) is 0 Å². The fourth-order valence-electron chi connectivity index (χ4n) is 5.87. The Morgan fingerprint density at radius 2 is 1.36 bits per heavy atom. The van der Waals surface area contributed by atoms with Crippen LogP contribution in [0, 0.1) is 5.92 Å². The van der Waals surface area contributed by atoms with Gasteiger partial charge in [0, 0.05) is 32.0 Å². The molecule has 0 aromatic heterocycles. The number of nitrogens with zero attached hydrogens (tertiary/aromatic N) is 2. The highest BCUT2D eigenvalue weighted by Crippen LogP contribution is 2.29. The van der Waals surface area contributed by atoms with Gasteiger partial charge in [-0.05, 0) is 54.5 Å². The van der Waals surface area contributed by atoms with Crippen LogP contribution < -0.4 is 4.74 Å². The van der Waals surface area contributed by atoms with E-state index in [-0.39, 0.29) is 17.7 Å². The van der Waals surface area contributed by atoms with Crippen LogP contribution in [0.3, 0.4) is 0 Å². The molecule has 5 rings (SSSR count). The monoisotopic (exact) mass is 524 g/mol. The molecule has 2 aliphatic rings. The lowest BCUT2D eigenvalue weighted by molar-refractivity contribution is -0.149. The van der Waals surface area contributed by atoms with E-state index in [1.807, 2.05) is 82.6 Å². The summed E-state index contributed by atoms with van der Waals surface area (Å²) in [7, 11) is 0. The van der Waals surface area contributed by atoms with E-state index in [1.165, 1.54) is 6.42 Å². The first-order valence-electron chi connectivity index (χ1n) is 14.6. The predicted molar refractivity (Wildman–Crippen MR) is 154 cm³/mol. The van der Waals surface area contributed by atoms with Gasteiger partial charge in [0.2, 0.25) is 11.8 Å². The van der Waals surface area contributed by atoms with Crippen LogP contribution in [0.2, 0.25) is 0 Å². The number of likely N-dealkylation sites (tertiary alicyclic amines) is 1. The van der Waals surface area contributed by atoms with Crippen LogP contribution in [-0.4, -0.2) is 40.7 Å². The lowest BCUT2D eigenvalue weighted by Gasteiger charge is -2.37. The van der Waals surface area contributed by atoms with Gasteiger partial charge < -0.3 is 14.5 Å². The van der Waals surface area contributed by atoms with Gasteiger partial charge in [-0.15, -0.1) is 0 Å². The Labute approximate surface area is 232 Å². The molecule has 0 radical (unpaired) electrons. The zero-order valence-corrected chi connectivity index (χ0v) is 22.8. The van der Waals surface area contributed by atoms with E-state index < -0.39 is 6.04 Å². The number of benzene rings is 3. The summed E-state index contributed by atoms with van der Waals surface area (Å²) in [6.45, 7) is 2.49. The van der Waals surface area contributed by atoms with Crippen molar-refractivity contribution in [3.05, 3.63) is 102 Å². The van der Waals surface area contributed by atoms with Gasteiger partial charge in [-0.3, -0.25) is 9.59 Å². The number of hydrogen-bond acceptors (Lipinski definition) is 3. The molecule has 3 aromatic rings. The van der Waals surface area contributed by atoms with E-state index in [9.17, 15) is 9.59 Å². The third-order valence-electron chi connectivity index (χ3n) is 8.11. The Bertz CT molecular complexity index is 1180. The van der Waals surface area contributed by atoms with E-state index in [4.69, 9.17) is 4.74 Å². The first kappa shape index (κ1) is 27.0. The van der Waals surface area contributed by atoms with Gasteiger partial charge in [0.25, 0.3) is 0 Å². The molecule has 1 saturated heterocycles. The third kappa shape index (κ3) is 7.29. The summed E-state index contributed by atoms with van der Waals surface area (Å²) in [5.74, 6) is 1.01. The van der Waals surface area contributed by atoms with E-state index in [0.717, 1.165) is 74.1 Å². The molecule has 1 aliphatic heterocycles. The summed E-state index contributed by atoms with van der Waals surface area (Å²) in [6, 6.07) is 27.7. The minimum absolute atomic E-state index is 0.00289. The van der Waals surface area contributed by atoms with Crippen LogP contribution >= 0.6 is 0 Å². The standard InChI is InChI=1S/C34H40N2O3/c37-33(30-16-8-3-9-17-30)36(25-28-18-20-31(21-19-28)39-26-29-14-6-2-7-15-29)32(24-27-12-4-1-5-13-27)34(38)35-22-10-11-23-35/h1-2,4-7,12-15,18-21,30,32H,3,8-11,16-17,22-26H2. The average Bonchev–Trinajstić information content (AvgIpc) is 3.55. The van der Waals surface area contributed by atoms with E-state index in [0.29, 0.717) is 19.6 Å². The Kier molecular flexibility index (Phi) is 9.31. The second kappa shape index (κ2) is 13.5. The van der Waals surface area contributed by atoms with Crippen molar-refractivity contribution < 1.29 is 14.3 Å². The number of ether oxygens (including phenoxy) is 1. The number of rotatable bonds is 10. The Balaban J connectivity index is 1.38. The van der Waals surface area contributed by atoms with Gasteiger partial charge in [0.15, 0.2) is 0 Å². The molecule has 1 heterocycles. The highest BCUT2D eigenvalue weighted by molar-refractivity contribution is 5.89. The second-order valence-electron chi connectivity index (χ2n) is 11.0. The topological polar surface area (TPSA) is 49.9 Å². The van der Waals surface area contributed by atoms with Gasteiger partial charge in [-0.1, -0.05) is 92.1 Å². The SMILES string of the molecule is O=C(C(Cc1ccccc1)N(Cc1ccc(OCc2ccccc2)cc1)C(=O)C1CCCCC1)N1CCCC1. The zero-order valence-electron chi connectivity index (χ0n) is 22.8. The summed E-state index contributed by atoms with van der Waals surface area (Å²) >= 11 is 0. The normalized spacial score (nSPS) is 16.6.